The lowest BCUT2D eigenvalue weighted by Crippen LogP contribution is -2.26. The smallest absolute Gasteiger partial charge is 0.240 e. The van der Waals surface area contributed by atoms with Crippen LogP contribution in [0.1, 0.15) is 45.2 Å². The zero-order valence-electron chi connectivity index (χ0n) is 13.7. The van der Waals surface area contributed by atoms with Crippen LogP contribution in [-0.2, 0) is 16.6 Å². The van der Waals surface area contributed by atoms with E-state index in [9.17, 15) is 8.42 Å². The van der Waals surface area contributed by atoms with Crippen molar-refractivity contribution in [3.05, 3.63) is 29.3 Å². The molecule has 0 radical (unpaired) electrons. The molecule has 0 amide bonds. The molecule has 0 aliphatic heterocycles. The zero-order valence-corrected chi connectivity index (χ0v) is 14.5. The van der Waals surface area contributed by atoms with Crippen molar-refractivity contribution in [2.24, 2.45) is 5.92 Å². The number of hydrogen-bond acceptors (Lipinski definition) is 3. The highest BCUT2D eigenvalue weighted by Crippen LogP contribution is 2.16. The predicted octanol–water partition coefficient (Wildman–Crippen LogP) is 2.82. The van der Waals surface area contributed by atoms with E-state index in [2.05, 4.69) is 37.7 Å². The van der Waals surface area contributed by atoms with Gasteiger partial charge in [-0.3, -0.25) is 0 Å². The van der Waals surface area contributed by atoms with Crippen molar-refractivity contribution in [1.29, 1.82) is 0 Å². The highest BCUT2D eigenvalue weighted by atomic mass is 32.2. The van der Waals surface area contributed by atoms with Crippen LogP contribution in [0.25, 0.3) is 0 Å². The molecule has 21 heavy (non-hydrogen) atoms. The normalized spacial score (nSPS) is 12.3. The van der Waals surface area contributed by atoms with Crippen molar-refractivity contribution in [1.82, 2.24) is 10.0 Å². The quantitative estimate of drug-likeness (QED) is 0.776. The van der Waals surface area contributed by atoms with Gasteiger partial charge in [0.05, 0.1) is 4.90 Å². The molecule has 0 atom stereocenters. The number of nitrogens with one attached hydrogen (secondary N) is 2. The van der Waals surface area contributed by atoms with Gasteiger partial charge in [0.15, 0.2) is 0 Å². The Kier molecular flexibility index (Phi) is 6.84. The molecule has 0 aliphatic carbocycles. The molecule has 2 N–H and O–H groups in total. The molecule has 0 aromatic heterocycles. The average Bonchev–Trinajstić information content (AvgIpc) is 2.36. The summed E-state index contributed by atoms with van der Waals surface area (Å²) in [6.07, 6.45) is 0.840. The van der Waals surface area contributed by atoms with Crippen molar-refractivity contribution in [2.75, 3.05) is 6.54 Å². The van der Waals surface area contributed by atoms with Gasteiger partial charge in [-0.15, -0.1) is 0 Å². The van der Waals surface area contributed by atoms with Gasteiger partial charge in [0.25, 0.3) is 0 Å². The summed E-state index contributed by atoms with van der Waals surface area (Å²) in [4.78, 5) is 0.345. The third kappa shape index (κ3) is 6.16. The maximum absolute atomic E-state index is 12.3. The zero-order chi connectivity index (χ0) is 16.0. The van der Waals surface area contributed by atoms with E-state index in [-0.39, 0.29) is 0 Å². The molecular weight excluding hydrogens is 284 g/mol. The van der Waals surface area contributed by atoms with Gasteiger partial charge in [0.1, 0.15) is 0 Å². The van der Waals surface area contributed by atoms with E-state index < -0.39 is 10.0 Å². The first-order valence-electron chi connectivity index (χ1n) is 7.55. The van der Waals surface area contributed by atoms with Crippen LogP contribution in [0, 0.1) is 12.8 Å². The number of hydrogen-bond donors (Lipinski definition) is 2. The summed E-state index contributed by atoms with van der Waals surface area (Å²) < 4.78 is 27.2. The molecule has 5 heteroatoms. The largest absolute Gasteiger partial charge is 0.310 e. The third-order valence-electron chi connectivity index (χ3n) is 3.35. The van der Waals surface area contributed by atoms with Crippen LogP contribution in [-0.4, -0.2) is 21.0 Å². The number of rotatable bonds is 8. The highest BCUT2D eigenvalue weighted by Gasteiger charge is 2.15. The Balaban J connectivity index is 2.84. The average molecular weight is 312 g/mol. The Labute approximate surface area is 129 Å². The standard InChI is InChI=1S/C16H28N2O2S/c1-12(2)8-9-18-21(19,20)16-7-6-14(5)15(10-16)11-17-13(3)4/h6-7,10,12-13,17-18H,8-9,11H2,1-5H3. The van der Waals surface area contributed by atoms with E-state index in [0.717, 1.165) is 17.5 Å². The molecule has 4 nitrogen and oxygen atoms in total. The molecule has 0 saturated carbocycles. The predicted molar refractivity (Wildman–Crippen MR) is 87.8 cm³/mol. The van der Waals surface area contributed by atoms with Gasteiger partial charge in [-0.25, -0.2) is 13.1 Å². The summed E-state index contributed by atoms with van der Waals surface area (Å²) in [5.41, 5.74) is 2.12. The molecule has 0 fully saturated rings. The first-order valence-corrected chi connectivity index (χ1v) is 9.03. The monoisotopic (exact) mass is 312 g/mol. The van der Waals surface area contributed by atoms with Crippen LogP contribution >= 0.6 is 0 Å². The highest BCUT2D eigenvalue weighted by molar-refractivity contribution is 7.89. The Morgan fingerprint density at radius 1 is 1.14 bits per heavy atom. The fourth-order valence-electron chi connectivity index (χ4n) is 1.88. The van der Waals surface area contributed by atoms with Crippen LogP contribution in [0.3, 0.4) is 0 Å². The van der Waals surface area contributed by atoms with Crippen molar-refractivity contribution in [3.63, 3.8) is 0 Å². The maximum atomic E-state index is 12.3. The molecular formula is C16H28N2O2S. The summed E-state index contributed by atoms with van der Waals surface area (Å²) in [6.45, 7) is 11.5. The second kappa shape index (κ2) is 7.92. The Morgan fingerprint density at radius 2 is 1.81 bits per heavy atom. The number of aryl methyl sites for hydroxylation is 1. The summed E-state index contributed by atoms with van der Waals surface area (Å²) in [5, 5.41) is 3.32. The molecule has 1 aromatic rings. The van der Waals surface area contributed by atoms with Crippen LogP contribution < -0.4 is 10.0 Å². The fraction of sp³-hybridized carbons (Fsp3) is 0.625. The Bertz CT molecular complexity index is 551. The van der Waals surface area contributed by atoms with E-state index in [0.29, 0.717) is 29.9 Å². The summed E-state index contributed by atoms with van der Waals surface area (Å²) >= 11 is 0. The van der Waals surface area contributed by atoms with Crippen LogP contribution in [0.4, 0.5) is 0 Å². The minimum atomic E-state index is -3.41. The summed E-state index contributed by atoms with van der Waals surface area (Å²) in [7, 11) is -3.41. The molecule has 0 heterocycles. The van der Waals surface area contributed by atoms with Crippen LogP contribution in [0.2, 0.25) is 0 Å². The first kappa shape index (κ1) is 18.1. The van der Waals surface area contributed by atoms with Gasteiger partial charge in [0.2, 0.25) is 10.0 Å². The van der Waals surface area contributed by atoms with Crippen molar-refractivity contribution >= 4 is 10.0 Å². The van der Waals surface area contributed by atoms with Crippen molar-refractivity contribution in [3.8, 4) is 0 Å². The lowest BCUT2D eigenvalue weighted by molar-refractivity contribution is 0.551. The minimum absolute atomic E-state index is 0.345. The Hall–Kier alpha value is -0.910. The van der Waals surface area contributed by atoms with Crippen LogP contribution in [0.5, 0.6) is 0 Å². The van der Waals surface area contributed by atoms with Gasteiger partial charge in [0, 0.05) is 19.1 Å². The Morgan fingerprint density at radius 3 is 2.38 bits per heavy atom. The molecule has 0 bridgehead atoms. The first-order chi connectivity index (χ1) is 9.72. The molecule has 1 aromatic carbocycles. The van der Waals surface area contributed by atoms with E-state index >= 15 is 0 Å². The van der Waals surface area contributed by atoms with Gasteiger partial charge in [-0.05, 0) is 42.5 Å². The molecule has 1 rings (SSSR count). The van der Waals surface area contributed by atoms with Gasteiger partial charge in [-0.2, -0.15) is 0 Å². The van der Waals surface area contributed by atoms with Gasteiger partial charge < -0.3 is 5.32 Å². The fourth-order valence-corrected chi connectivity index (χ4v) is 2.98. The van der Waals surface area contributed by atoms with Crippen molar-refractivity contribution < 1.29 is 8.42 Å². The van der Waals surface area contributed by atoms with Gasteiger partial charge in [-0.1, -0.05) is 33.8 Å². The van der Waals surface area contributed by atoms with E-state index in [4.69, 9.17) is 0 Å². The second-order valence-corrected chi connectivity index (χ2v) is 7.97. The molecule has 0 unspecified atom stereocenters. The molecule has 0 saturated heterocycles. The lowest BCUT2D eigenvalue weighted by atomic mass is 10.1. The van der Waals surface area contributed by atoms with Crippen molar-refractivity contribution in [2.45, 2.75) is 58.5 Å². The summed E-state index contributed by atoms with van der Waals surface area (Å²) in [5.74, 6) is 0.483. The number of sulfonamides is 1. The van der Waals surface area contributed by atoms with E-state index in [1.165, 1.54) is 0 Å². The lowest BCUT2D eigenvalue weighted by Gasteiger charge is -2.13. The number of benzene rings is 1. The maximum Gasteiger partial charge on any atom is 0.240 e. The second-order valence-electron chi connectivity index (χ2n) is 6.20. The molecule has 0 aliphatic rings. The summed E-state index contributed by atoms with van der Waals surface area (Å²) in [6, 6.07) is 5.68. The van der Waals surface area contributed by atoms with E-state index in [1.54, 1.807) is 12.1 Å². The topological polar surface area (TPSA) is 58.2 Å². The van der Waals surface area contributed by atoms with Gasteiger partial charge >= 0.3 is 0 Å². The minimum Gasteiger partial charge on any atom is -0.310 e. The molecule has 120 valence electrons. The van der Waals surface area contributed by atoms with Crippen LogP contribution in [0.15, 0.2) is 23.1 Å². The molecule has 0 spiro atoms. The van der Waals surface area contributed by atoms with E-state index in [1.807, 2.05) is 13.0 Å². The SMILES string of the molecule is Cc1ccc(S(=O)(=O)NCCC(C)C)cc1CNC(C)C. The third-order valence-corrected chi connectivity index (χ3v) is 4.80.